The number of halogens is 14. The van der Waals surface area contributed by atoms with Gasteiger partial charge < -0.3 is 30.5 Å². The van der Waals surface area contributed by atoms with E-state index in [1.807, 2.05) is 26.0 Å². The first-order chi connectivity index (χ1) is 59.2. The van der Waals surface area contributed by atoms with Crippen LogP contribution in [-0.2, 0) is 117 Å². The van der Waals surface area contributed by atoms with Gasteiger partial charge >= 0.3 is 366 Å². The predicted octanol–water partition coefficient (Wildman–Crippen LogP) is 29.3. The molecular formula is C102H139Br2F12Mo3N4O5-. The van der Waals surface area contributed by atoms with E-state index in [2.05, 4.69) is 124 Å². The van der Waals surface area contributed by atoms with Crippen LogP contribution in [0.25, 0.3) is 22.3 Å². The molecule has 0 aliphatic heterocycles. The number of phenols is 3. The second kappa shape index (κ2) is 41.5. The molecule has 16 aliphatic carbocycles. The molecule has 5 aromatic rings. The molecule has 1 aromatic heterocycles. The Morgan fingerprint density at radius 1 is 0.344 bits per heavy atom. The first-order valence-corrected chi connectivity index (χ1v) is 54.5. The van der Waals surface area contributed by atoms with Crippen molar-refractivity contribution in [3.8, 4) is 39.5 Å². The molecule has 12 bridgehead atoms. The van der Waals surface area contributed by atoms with Crippen LogP contribution in [0.4, 0.5) is 52.7 Å². The van der Waals surface area contributed by atoms with Gasteiger partial charge in [0.15, 0.2) is 11.2 Å². The van der Waals surface area contributed by atoms with Crippen LogP contribution in [0.5, 0.6) is 17.2 Å². The number of alkyl halides is 12. The summed E-state index contributed by atoms with van der Waals surface area (Å²) in [6, 6.07) is 10.2. The third kappa shape index (κ3) is 27.6. The third-order valence-corrected chi connectivity index (χ3v) is 38.9. The van der Waals surface area contributed by atoms with E-state index in [1.54, 1.807) is 0 Å². The van der Waals surface area contributed by atoms with Crippen LogP contribution in [0, 0.1) is 90.3 Å². The quantitative estimate of drug-likeness (QED) is 0.0873. The number of fused-ring (bicyclic) bond motifs is 4. The SMILES string of the molecule is CC(C)(C)[CH]=[Mo]=[N]C12CC3CC(CC(C3)C1)C2.CC(C)(C)[CH]=[Mo]=[N]C12CC3CC(CC(C3)C1)C2.CC(C)(C)[CH]=[Mo]=[N]C12CC3CC(CC(C3)C1)C2.CC(C)(O)C(F)(F)F.CC(C)(O)C(F)(F)F.Cc1c(C(F)(F)F)cc2c(c1-c1c(O)c(C(F)(F)F)cc3c1CCCC3)CCCC2.Cc1ccc(C)[n-]1.Oc1c(Br)cc2c(c1-c1c(O)c(Br)cc3c1CCCC3)CCCC2. The molecule has 714 valence electrons. The van der Waals surface area contributed by atoms with E-state index in [0.717, 1.165) is 155 Å². The minimum Gasteiger partial charge on any atom is -0.665 e. The summed E-state index contributed by atoms with van der Waals surface area (Å²) in [5, 5.41) is 48.9. The summed E-state index contributed by atoms with van der Waals surface area (Å²) in [4.78, 5) is 4.11. The van der Waals surface area contributed by atoms with Gasteiger partial charge in [-0.15, -0.1) is 0 Å². The standard InChI is InChI=1S/C23H22F6O.C20H20Br2O2.3C10H15N.C6H8N.3C5H10.2C4H7F3O.3Mo/c1-12-17(22(24,25)26)10-13-6-2-4-8-15(13)19(12)20-16-9-5-3-7-14(16)11-18(21(20)30)23(27,28)29;21-15-9-11-5-1-3-7-13(11)17(19(15)23)18-14-8-4-2-6-12(14)10-16(22)20(18)24;3*11-10-4-7-1-8(5-10)3-9(2-7)6-10;1-5-3-4-6(2)7-5;3*1-5(2,3)4;2*1-3(2,8)4(5,6)7;;;/h10-11,30H,2-9H2,1H3;9-10,23-24H,1-8H2;3*7-9H,1-6H2;3-4H,1-2H3;3*1H,2-4H3;2*8H,1-2H3;;;/q;;;;;-1;;;;;;;;. The zero-order chi connectivity index (χ0) is 94.3. The van der Waals surface area contributed by atoms with Crippen molar-refractivity contribution in [2.75, 3.05) is 0 Å². The summed E-state index contributed by atoms with van der Waals surface area (Å²) in [7, 11) is 0. The van der Waals surface area contributed by atoms with Crippen molar-refractivity contribution >= 4 is 45.1 Å². The topological polar surface area (TPSA) is 152 Å². The van der Waals surface area contributed by atoms with E-state index in [4.69, 9.17) is 20.7 Å². The number of phenolic OH excluding ortho intramolecular Hbond substituents is 3. The van der Waals surface area contributed by atoms with Crippen molar-refractivity contribution in [3.63, 3.8) is 0 Å². The Morgan fingerprint density at radius 3 is 0.781 bits per heavy atom. The molecule has 12 saturated carbocycles. The molecule has 4 aromatic carbocycles. The van der Waals surface area contributed by atoms with Gasteiger partial charge in [-0.2, -0.15) is 64.1 Å². The summed E-state index contributed by atoms with van der Waals surface area (Å²) in [5.74, 6) is 9.01. The molecule has 5 N–H and O–H groups in total. The number of benzene rings is 4. The molecular weight excluding hydrogens is 2040 g/mol. The fourth-order valence-electron chi connectivity index (χ4n) is 23.3. The van der Waals surface area contributed by atoms with Gasteiger partial charge in [0.25, 0.3) is 0 Å². The summed E-state index contributed by atoms with van der Waals surface area (Å²) in [6.45, 7) is 28.9. The number of aromatic nitrogens is 1. The average molecular weight is 2180 g/mol. The maximum atomic E-state index is 13.8. The van der Waals surface area contributed by atoms with Gasteiger partial charge in [-0.25, -0.2) is 0 Å². The Kier molecular flexibility index (Phi) is 34.1. The number of aliphatic hydroxyl groups is 2. The Hall–Kier alpha value is -3.33. The molecule has 12 fully saturated rings. The van der Waals surface area contributed by atoms with E-state index in [9.17, 15) is 68.0 Å². The van der Waals surface area contributed by atoms with Crippen LogP contribution in [-0.4, -0.2) is 78.9 Å². The minimum atomic E-state index is -4.79. The molecule has 0 amide bonds. The average Bonchev–Trinajstić information content (AvgIpc) is 0.820. The first kappa shape index (κ1) is 105. The van der Waals surface area contributed by atoms with Crippen LogP contribution in [0.2, 0.25) is 0 Å². The van der Waals surface area contributed by atoms with Crippen LogP contribution in [0.15, 0.2) is 55.8 Å². The van der Waals surface area contributed by atoms with Crippen molar-refractivity contribution in [1.82, 2.24) is 4.98 Å². The Morgan fingerprint density at radius 2 is 0.562 bits per heavy atom. The summed E-state index contributed by atoms with van der Waals surface area (Å²) >= 11 is 6.39. The normalized spacial score (nSPS) is 26.7. The van der Waals surface area contributed by atoms with Gasteiger partial charge in [-0.05, 0) is 249 Å². The van der Waals surface area contributed by atoms with E-state index in [1.165, 1.54) is 158 Å². The fraction of sp³-hybridized carbons (Fsp3) is 0.696. The second-order valence-corrected chi connectivity index (χ2v) is 50.8. The molecule has 0 atom stereocenters. The third-order valence-electron chi connectivity index (χ3n) is 28.1. The smallest absolute Gasteiger partial charge is 0.419 e. The maximum Gasteiger partial charge on any atom is 0.419 e. The number of aryl methyl sites for hydroxylation is 6. The minimum absolute atomic E-state index is 0.0405. The van der Waals surface area contributed by atoms with E-state index < -0.39 is 52.8 Å². The van der Waals surface area contributed by atoms with Gasteiger partial charge in [-0.3, -0.25) is 0 Å². The van der Waals surface area contributed by atoms with E-state index in [0.29, 0.717) is 115 Å². The number of aromatic hydroxyl groups is 3. The molecule has 16 aliphatic rings. The fourth-order valence-corrected chi connectivity index (χ4v) is 30.3. The number of rotatable bonds is 5. The van der Waals surface area contributed by atoms with Crippen molar-refractivity contribution in [2.24, 2.45) is 80.0 Å². The Bertz CT molecular complexity index is 4450. The van der Waals surface area contributed by atoms with Crippen molar-refractivity contribution in [1.29, 1.82) is 0 Å². The van der Waals surface area contributed by atoms with E-state index in [-0.39, 0.29) is 81.9 Å². The number of nitrogens with zero attached hydrogens (tertiary/aromatic N) is 4. The largest absolute Gasteiger partial charge is 0.665 e. The predicted molar refractivity (Wildman–Crippen MR) is 486 cm³/mol. The summed E-state index contributed by atoms with van der Waals surface area (Å²) in [5.41, 5.74) is 6.57. The number of hydrogen-bond acceptors (Lipinski definition) is 8. The summed E-state index contributed by atoms with van der Waals surface area (Å²) in [6.07, 6.45) is 21.9. The molecule has 26 heteroatoms. The summed E-state index contributed by atoms with van der Waals surface area (Å²) < 4.78 is 175. The Labute approximate surface area is 794 Å². The van der Waals surface area contributed by atoms with Gasteiger partial charge in [0, 0.05) is 16.7 Å². The van der Waals surface area contributed by atoms with Gasteiger partial charge in [0.05, 0.1) is 20.1 Å². The van der Waals surface area contributed by atoms with Crippen LogP contribution in [0.3, 0.4) is 0 Å². The monoisotopic (exact) mass is 2180 g/mol. The molecule has 0 saturated heterocycles. The molecule has 9 nitrogen and oxygen atoms in total. The second-order valence-electron chi connectivity index (χ2n) is 44.4. The maximum absolute atomic E-state index is 13.8. The molecule has 0 unspecified atom stereocenters. The molecule has 21 rings (SSSR count). The molecule has 1 heterocycles. The zero-order valence-corrected chi connectivity index (χ0v) is 87.2. The van der Waals surface area contributed by atoms with Gasteiger partial charge in [0.2, 0.25) is 0 Å². The molecule has 0 radical (unpaired) electrons. The zero-order valence-electron chi connectivity index (χ0n) is 78.0. The molecule has 0 spiro atoms. The van der Waals surface area contributed by atoms with Crippen molar-refractivity contribution in [2.45, 2.75) is 382 Å². The van der Waals surface area contributed by atoms with Crippen molar-refractivity contribution in [3.05, 3.63) is 118 Å². The van der Waals surface area contributed by atoms with Crippen LogP contribution < -0.4 is 4.98 Å². The Balaban J connectivity index is 0.000000148. The van der Waals surface area contributed by atoms with Crippen LogP contribution >= 0.6 is 31.9 Å². The van der Waals surface area contributed by atoms with Gasteiger partial charge in [0.1, 0.15) is 17.2 Å². The van der Waals surface area contributed by atoms with E-state index >= 15 is 0 Å². The van der Waals surface area contributed by atoms with Crippen molar-refractivity contribution < 1.29 is 132 Å². The van der Waals surface area contributed by atoms with Gasteiger partial charge in [-0.1, -0.05) is 26.0 Å². The molecule has 128 heavy (non-hydrogen) atoms. The number of hydrogen-bond donors (Lipinski definition) is 5. The van der Waals surface area contributed by atoms with Crippen LogP contribution in [0.1, 0.15) is 330 Å². The first-order valence-electron chi connectivity index (χ1n) is 46.8.